The zero-order chi connectivity index (χ0) is 14.5. The van der Waals surface area contributed by atoms with Gasteiger partial charge in [0.05, 0.1) is 0 Å². The Balaban J connectivity index is 2.24. The molecule has 0 saturated heterocycles. The average Bonchev–Trinajstić information content (AvgIpc) is 2.47. The Kier molecular flexibility index (Phi) is 5.32. The van der Waals surface area contributed by atoms with Gasteiger partial charge in [-0.15, -0.1) is 23.4 Å². The van der Waals surface area contributed by atoms with Crippen molar-refractivity contribution in [2.45, 2.75) is 30.5 Å². The number of ether oxygens (including phenoxy) is 1. The Morgan fingerprint density at radius 1 is 1.20 bits per heavy atom. The van der Waals surface area contributed by atoms with Crippen LogP contribution in [0.3, 0.4) is 0 Å². The average molecular weight is 308 g/mol. The summed E-state index contributed by atoms with van der Waals surface area (Å²) >= 11 is 7.64. The molecule has 0 radical (unpaired) electrons. The van der Waals surface area contributed by atoms with E-state index in [2.05, 4.69) is 25.1 Å². The number of alkyl halides is 1. The molecule has 2 aromatic rings. The van der Waals surface area contributed by atoms with Gasteiger partial charge in [-0.2, -0.15) is 0 Å². The minimum atomic E-state index is 0.347. The summed E-state index contributed by atoms with van der Waals surface area (Å²) in [5.74, 6) is 2.20. The van der Waals surface area contributed by atoms with E-state index < -0.39 is 0 Å². The van der Waals surface area contributed by atoms with Gasteiger partial charge in [0.25, 0.3) is 0 Å². The fraction of sp³-hybridized carbons (Fsp3) is 0.312. The van der Waals surface area contributed by atoms with Crippen LogP contribution in [-0.2, 0) is 5.88 Å². The van der Waals surface area contributed by atoms with E-state index in [0.717, 1.165) is 17.0 Å². The van der Waals surface area contributed by atoms with Crippen LogP contribution in [0.5, 0.6) is 11.6 Å². The van der Waals surface area contributed by atoms with Crippen molar-refractivity contribution in [3.8, 4) is 11.6 Å². The summed E-state index contributed by atoms with van der Waals surface area (Å²) in [5.41, 5.74) is 2.03. The van der Waals surface area contributed by atoms with Crippen LogP contribution in [-0.4, -0.2) is 11.2 Å². The van der Waals surface area contributed by atoms with E-state index in [1.54, 1.807) is 11.8 Å². The number of pyridine rings is 1. The lowest BCUT2D eigenvalue weighted by molar-refractivity contribution is 0.458. The third-order valence-corrected chi connectivity index (χ3v) is 3.96. The van der Waals surface area contributed by atoms with Crippen molar-refractivity contribution in [1.29, 1.82) is 0 Å². The zero-order valence-corrected chi connectivity index (χ0v) is 13.5. The number of halogens is 1. The molecule has 0 aliphatic heterocycles. The topological polar surface area (TPSA) is 22.1 Å². The summed E-state index contributed by atoms with van der Waals surface area (Å²) in [4.78, 5) is 5.74. The van der Waals surface area contributed by atoms with Gasteiger partial charge in [-0.1, -0.05) is 13.8 Å². The molecule has 0 spiro atoms. The molecule has 2 rings (SSSR count). The fourth-order valence-corrected chi connectivity index (χ4v) is 2.33. The lowest BCUT2D eigenvalue weighted by atomic mass is 10.1. The fourth-order valence-electron chi connectivity index (χ4n) is 1.77. The van der Waals surface area contributed by atoms with Crippen LogP contribution in [0.4, 0.5) is 0 Å². The summed E-state index contributed by atoms with van der Waals surface area (Å²) in [6, 6.07) is 11.9. The normalized spacial score (nSPS) is 10.8. The number of hydrogen-bond donors (Lipinski definition) is 0. The van der Waals surface area contributed by atoms with Crippen molar-refractivity contribution in [2.75, 3.05) is 6.26 Å². The Morgan fingerprint density at radius 3 is 2.45 bits per heavy atom. The van der Waals surface area contributed by atoms with E-state index in [4.69, 9.17) is 16.3 Å². The van der Waals surface area contributed by atoms with Gasteiger partial charge in [0.15, 0.2) is 0 Å². The molecule has 4 heteroatoms. The second-order valence-corrected chi connectivity index (χ2v) is 5.95. The molecule has 0 amide bonds. The van der Waals surface area contributed by atoms with Crippen LogP contribution in [0.2, 0.25) is 0 Å². The van der Waals surface area contributed by atoms with Crippen molar-refractivity contribution < 1.29 is 4.74 Å². The minimum absolute atomic E-state index is 0.347. The predicted octanol–water partition coefficient (Wildman–Crippen LogP) is 5.46. The van der Waals surface area contributed by atoms with Crippen LogP contribution in [0.1, 0.15) is 31.0 Å². The van der Waals surface area contributed by atoms with Crippen molar-refractivity contribution in [3.05, 3.63) is 47.7 Å². The van der Waals surface area contributed by atoms with Gasteiger partial charge >= 0.3 is 0 Å². The minimum Gasteiger partial charge on any atom is -0.439 e. The molecule has 0 unspecified atom stereocenters. The van der Waals surface area contributed by atoms with E-state index in [9.17, 15) is 0 Å². The summed E-state index contributed by atoms with van der Waals surface area (Å²) in [6.45, 7) is 4.22. The largest absolute Gasteiger partial charge is 0.439 e. The van der Waals surface area contributed by atoms with E-state index in [1.165, 1.54) is 4.90 Å². The molecule has 0 aliphatic carbocycles. The summed E-state index contributed by atoms with van der Waals surface area (Å²) < 4.78 is 5.83. The number of nitrogens with zero attached hydrogens (tertiary/aromatic N) is 1. The lowest BCUT2D eigenvalue weighted by Gasteiger charge is -2.11. The van der Waals surface area contributed by atoms with E-state index in [0.29, 0.717) is 17.7 Å². The second kappa shape index (κ2) is 7.00. The van der Waals surface area contributed by atoms with Crippen molar-refractivity contribution in [3.63, 3.8) is 0 Å². The third kappa shape index (κ3) is 3.90. The van der Waals surface area contributed by atoms with E-state index in [1.807, 2.05) is 36.4 Å². The number of rotatable bonds is 5. The lowest BCUT2D eigenvalue weighted by Crippen LogP contribution is -1.97. The number of aromatic nitrogens is 1. The van der Waals surface area contributed by atoms with Gasteiger partial charge in [-0.25, -0.2) is 4.98 Å². The van der Waals surface area contributed by atoms with Crippen molar-refractivity contribution in [2.24, 2.45) is 0 Å². The van der Waals surface area contributed by atoms with E-state index >= 15 is 0 Å². The molecular formula is C16H18ClNOS. The maximum atomic E-state index is 5.93. The Morgan fingerprint density at radius 2 is 1.90 bits per heavy atom. The molecule has 0 aliphatic rings. The van der Waals surface area contributed by atoms with Gasteiger partial charge in [0, 0.05) is 22.5 Å². The monoisotopic (exact) mass is 307 g/mol. The van der Waals surface area contributed by atoms with Crippen LogP contribution < -0.4 is 4.74 Å². The number of benzene rings is 1. The highest BCUT2D eigenvalue weighted by molar-refractivity contribution is 7.98. The first-order valence-electron chi connectivity index (χ1n) is 6.51. The molecule has 1 aromatic carbocycles. The quantitative estimate of drug-likeness (QED) is 0.541. The molecule has 0 bridgehead atoms. The summed E-state index contributed by atoms with van der Waals surface area (Å²) in [6.07, 6.45) is 2.05. The first kappa shape index (κ1) is 15.2. The Bertz CT molecular complexity index is 569. The first-order valence-corrected chi connectivity index (χ1v) is 8.27. The number of thioether (sulfide) groups is 1. The van der Waals surface area contributed by atoms with Crippen LogP contribution in [0.15, 0.2) is 41.3 Å². The third-order valence-electron chi connectivity index (χ3n) is 2.91. The zero-order valence-electron chi connectivity index (χ0n) is 11.9. The van der Waals surface area contributed by atoms with Gasteiger partial charge in [-0.05, 0) is 48.1 Å². The van der Waals surface area contributed by atoms with E-state index in [-0.39, 0.29) is 0 Å². The second-order valence-electron chi connectivity index (χ2n) is 4.80. The van der Waals surface area contributed by atoms with Crippen LogP contribution in [0, 0.1) is 0 Å². The molecule has 1 aromatic heterocycles. The van der Waals surface area contributed by atoms with Gasteiger partial charge in [-0.3, -0.25) is 0 Å². The molecule has 2 nitrogen and oxygen atoms in total. The van der Waals surface area contributed by atoms with Crippen LogP contribution in [0.25, 0.3) is 0 Å². The highest BCUT2D eigenvalue weighted by Crippen LogP contribution is 2.26. The molecule has 0 fully saturated rings. The maximum absolute atomic E-state index is 5.93. The molecule has 106 valence electrons. The molecule has 1 heterocycles. The predicted molar refractivity (Wildman–Crippen MR) is 86.2 cm³/mol. The molecule has 20 heavy (non-hydrogen) atoms. The molecule has 0 saturated carbocycles. The molecule has 0 atom stereocenters. The number of hydrogen-bond acceptors (Lipinski definition) is 3. The molecular weight excluding hydrogens is 290 g/mol. The Hall–Kier alpha value is -1.19. The van der Waals surface area contributed by atoms with Gasteiger partial charge in [0.1, 0.15) is 5.75 Å². The SMILES string of the molecule is CSc1ccc(Oc2cc(CCl)cc(C(C)C)n2)cc1. The summed E-state index contributed by atoms with van der Waals surface area (Å²) in [5, 5.41) is 0. The van der Waals surface area contributed by atoms with Crippen molar-refractivity contribution >= 4 is 23.4 Å². The highest BCUT2D eigenvalue weighted by Gasteiger charge is 2.07. The van der Waals surface area contributed by atoms with Crippen LogP contribution >= 0.6 is 23.4 Å². The highest BCUT2D eigenvalue weighted by atomic mass is 35.5. The molecule has 0 N–H and O–H groups in total. The Labute approximate surface area is 129 Å². The standard InChI is InChI=1S/C16H18ClNOS/c1-11(2)15-8-12(10-17)9-16(18-15)19-13-4-6-14(20-3)7-5-13/h4-9,11H,10H2,1-3H3. The van der Waals surface area contributed by atoms with Gasteiger partial charge in [0.2, 0.25) is 5.88 Å². The first-order chi connectivity index (χ1) is 9.62. The summed E-state index contributed by atoms with van der Waals surface area (Å²) in [7, 11) is 0. The van der Waals surface area contributed by atoms with Gasteiger partial charge < -0.3 is 4.74 Å². The smallest absolute Gasteiger partial charge is 0.219 e. The maximum Gasteiger partial charge on any atom is 0.219 e. The van der Waals surface area contributed by atoms with Crippen molar-refractivity contribution in [1.82, 2.24) is 4.98 Å².